The third-order valence-corrected chi connectivity index (χ3v) is 5.26. The normalized spacial score (nSPS) is 10.8. The van der Waals surface area contributed by atoms with Crippen LogP contribution in [0.3, 0.4) is 0 Å². The number of fused-ring (bicyclic) bond motifs is 1. The van der Waals surface area contributed by atoms with Crippen molar-refractivity contribution < 1.29 is 4.79 Å². The number of aromatic nitrogens is 1. The van der Waals surface area contributed by atoms with Gasteiger partial charge in [-0.3, -0.25) is 4.79 Å². The van der Waals surface area contributed by atoms with Crippen molar-refractivity contribution in [2.24, 2.45) is 0 Å². The highest BCUT2D eigenvalue weighted by Gasteiger charge is 2.14. The maximum Gasteiger partial charge on any atom is 0.252 e. The van der Waals surface area contributed by atoms with E-state index in [0.29, 0.717) is 12.1 Å². The first-order valence-electron chi connectivity index (χ1n) is 8.49. The van der Waals surface area contributed by atoms with Crippen LogP contribution in [0.2, 0.25) is 0 Å². The lowest BCUT2D eigenvalue weighted by molar-refractivity contribution is 0.0953. The molecule has 0 unspecified atom stereocenters. The molecule has 0 aliphatic carbocycles. The first-order valence-corrected chi connectivity index (χ1v) is 9.37. The number of nitrogens with zero attached hydrogens (tertiary/aromatic N) is 1. The molecule has 0 spiro atoms. The monoisotopic (exact) mass is 358 g/mol. The number of amides is 1. The first kappa shape index (κ1) is 16.5. The molecule has 0 saturated carbocycles. The van der Waals surface area contributed by atoms with Crippen molar-refractivity contribution in [2.75, 3.05) is 0 Å². The molecule has 4 rings (SSSR count). The number of thiophene rings is 1. The zero-order valence-electron chi connectivity index (χ0n) is 14.4. The van der Waals surface area contributed by atoms with E-state index in [1.54, 1.807) is 11.3 Å². The van der Waals surface area contributed by atoms with Crippen LogP contribution in [0.1, 0.15) is 20.8 Å². The second-order valence-electron chi connectivity index (χ2n) is 6.15. The summed E-state index contributed by atoms with van der Waals surface area (Å²) in [6.07, 6.45) is 0. The van der Waals surface area contributed by atoms with Crippen molar-refractivity contribution in [1.29, 1.82) is 0 Å². The van der Waals surface area contributed by atoms with Gasteiger partial charge in [0, 0.05) is 15.8 Å². The van der Waals surface area contributed by atoms with Crippen LogP contribution in [0.25, 0.3) is 22.2 Å². The maximum absolute atomic E-state index is 12.9. The van der Waals surface area contributed by atoms with Gasteiger partial charge < -0.3 is 5.32 Å². The predicted octanol–water partition coefficient (Wildman–Crippen LogP) is 5.20. The smallest absolute Gasteiger partial charge is 0.252 e. The zero-order chi connectivity index (χ0) is 17.9. The van der Waals surface area contributed by atoms with E-state index in [9.17, 15) is 4.79 Å². The fourth-order valence-corrected chi connectivity index (χ4v) is 3.68. The molecular formula is C22H18N2OS. The summed E-state index contributed by atoms with van der Waals surface area (Å²) in [5, 5.41) is 5.91. The molecule has 0 bridgehead atoms. The summed E-state index contributed by atoms with van der Waals surface area (Å²) < 4.78 is 0. The van der Waals surface area contributed by atoms with E-state index in [2.05, 4.69) is 18.3 Å². The Kier molecular flexibility index (Phi) is 4.50. The van der Waals surface area contributed by atoms with Crippen LogP contribution in [0.5, 0.6) is 0 Å². The number of benzene rings is 2. The Balaban J connectivity index is 1.77. The fourth-order valence-electron chi connectivity index (χ4n) is 3.04. The second-order valence-corrected chi connectivity index (χ2v) is 7.18. The minimum Gasteiger partial charge on any atom is -0.347 e. The number of aryl methyl sites for hydroxylation is 1. The van der Waals surface area contributed by atoms with E-state index >= 15 is 0 Å². The van der Waals surface area contributed by atoms with E-state index in [1.165, 1.54) is 0 Å². The van der Waals surface area contributed by atoms with E-state index in [4.69, 9.17) is 4.98 Å². The number of hydrogen-bond acceptors (Lipinski definition) is 3. The number of rotatable bonds is 4. The van der Waals surface area contributed by atoms with Crippen LogP contribution >= 0.6 is 11.3 Å². The van der Waals surface area contributed by atoms with Crippen molar-refractivity contribution in [3.63, 3.8) is 0 Å². The molecule has 0 aliphatic heterocycles. The van der Waals surface area contributed by atoms with E-state index in [1.807, 2.05) is 66.0 Å². The van der Waals surface area contributed by atoms with Gasteiger partial charge in [-0.05, 0) is 36.1 Å². The van der Waals surface area contributed by atoms with Gasteiger partial charge >= 0.3 is 0 Å². The molecule has 3 nitrogen and oxygen atoms in total. The molecule has 0 radical (unpaired) electrons. The minimum atomic E-state index is -0.0770. The Hall–Kier alpha value is -2.98. The molecule has 0 saturated heterocycles. The Labute approximate surface area is 156 Å². The van der Waals surface area contributed by atoms with Crippen LogP contribution in [-0.2, 0) is 6.54 Å². The fraction of sp³-hybridized carbons (Fsp3) is 0.0909. The summed E-state index contributed by atoms with van der Waals surface area (Å²) in [4.78, 5) is 18.8. The van der Waals surface area contributed by atoms with Gasteiger partial charge in [0.1, 0.15) is 0 Å². The molecule has 128 valence electrons. The predicted molar refractivity (Wildman–Crippen MR) is 107 cm³/mol. The van der Waals surface area contributed by atoms with Crippen LogP contribution in [0.4, 0.5) is 0 Å². The molecule has 0 fully saturated rings. The van der Waals surface area contributed by atoms with Crippen molar-refractivity contribution in [3.05, 3.63) is 88.1 Å². The molecular weight excluding hydrogens is 340 g/mol. The van der Waals surface area contributed by atoms with Gasteiger partial charge in [-0.1, -0.05) is 48.5 Å². The largest absolute Gasteiger partial charge is 0.347 e. The molecule has 26 heavy (non-hydrogen) atoms. The van der Waals surface area contributed by atoms with Crippen LogP contribution < -0.4 is 5.32 Å². The van der Waals surface area contributed by atoms with Crippen molar-refractivity contribution >= 4 is 28.1 Å². The van der Waals surface area contributed by atoms with Crippen LogP contribution in [0.15, 0.2) is 72.1 Å². The Bertz CT molecular complexity index is 1070. The molecule has 4 aromatic rings. The first-order chi connectivity index (χ1) is 12.7. The standard InChI is InChI=1S/C22H18N2OS/c1-15-7-2-3-9-17(15)21-13-19(18-10-4-5-11-20(18)24-21)22(25)23-14-16-8-6-12-26-16/h2-13H,14H2,1H3,(H,23,25). The third-order valence-electron chi connectivity index (χ3n) is 4.39. The quantitative estimate of drug-likeness (QED) is 0.545. The summed E-state index contributed by atoms with van der Waals surface area (Å²) >= 11 is 1.64. The lowest BCUT2D eigenvalue weighted by Gasteiger charge is -2.11. The number of carbonyl (C=O) groups excluding carboxylic acids is 1. The molecule has 0 atom stereocenters. The number of carbonyl (C=O) groups is 1. The number of nitrogens with one attached hydrogen (secondary N) is 1. The number of pyridine rings is 1. The molecule has 4 heteroatoms. The highest BCUT2D eigenvalue weighted by atomic mass is 32.1. The van der Waals surface area contributed by atoms with E-state index < -0.39 is 0 Å². The highest BCUT2D eigenvalue weighted by Crippen LogP contribution is 2.27. The van der Waals surface area contributed by atoms with Crippen LogP contribution in [-0.4, -0.2) is 10.9 Å². The molecule has 2 heterocycles. The number of hydrogen-bond donors (Lipinski definition) is 1. The SMILES string of the molecule is Cc1ccccc1-c1cc(C(=O)NCc2cccs2)c2ccccc2n1. The van der Waals surface area contributed by atoms with Crippen LogP contribution in [0, 0.1) is 6.92 Å². The van der Waals surface area contributed by atoms with E-state index in [-0.39, 0.29) is 5.91 Å². The molecule has 0 aliphatic rings. The molecule has 1 N–H and O–H groups in total. The van der Waals surface area contributed by atoms with Crippen molar-refractivity contribution in [2.45, 2.75) is 13.5 Å². The van der Waals surface area contributed by atoms with Gasteiger partial charge in [0.05, 0.1) is 23.3 Å². The Morgan fingerprint density at radius 3 is 2.65 bits per heavy atom. The average Bonchev–Trinajstić information content (AvgIpc) is 3.19. The second kappa shape index (κ2) is 7.10. The Morgan fingerprint density at radius 2 is 1.85 bits per heavy atom. The average molecular weight is 358 g/mol. The lowest BCUT2D eigenvalue weighted by Crippen LogP contribution is -2.22. The maximum atomic E-state index is 12.9. The minimum absolute atomic E-state index is 0.0770. The van der Waals surface area contributed by atoms with Gasteiger partial charge in [0.15, 0.2) is 0 Å². The molecule has 1 amide bonds. The molecule has 2 aromatic heterocycles. The van der Waals surface area contributed by atoms with Crippen molar-refractivity contribution in [1.82, 2.24) is 10.3 Å². The summed E-state index contributed by atoms with van der Waals surface area (Å²) in [6, 6.07) is 21.8. The van der Waals surface area contributed by atoms with Gasteiger partial charge in [-0.15, -0.1) is 11.3 Å². The Morgan fingerprint density at radius 1 is 1.04 bits per heavy atom. The van der Waals surface area contributed by atoms with Gasteiger partial charge in [0.2, 0.25) is 0 Å². The summed E-state index contributed by atoms with van der Waals surface area (Å²) in [5.74, 6) is -0.0770. The number of para-hydroxylation sites is 1. The zero-order valence-corrected chi connectivity index (χ0v) is 15.2. The highest BCUT2D eigenvalue weighted by molar-refractivity contribution is 7.09. The van der Waals surface area contributed by atoms with Crippen molar-refractivity contribution in [3.8, 4) is 11.3 Å². The molecule has 2 aromatic carbocycles. The summed E-state index contributed by atoms with van der Waals surface area (Å²) in [7, 11) is 0. The van der Waals surface area contributed by atoms with E-state index in [0.717, 1.165) is 32.6 Å². The van der Waals surface area contributed by atoms with Gasteiger partial charge in [-0.25, -0.2) is 4.98 Å². The summed E-state index contributed by atoms with van der Waals surface area (Å²) in [5.41, 5.74) is 4.49. The van der Waals surface area contributed by atoms with Gasteiger partial charge in [-0.2, -0.15) is 0 Å². The summed E-state index contributed by atoms with van der Waals surface area (Å²) in [6.45, 7) is 2.59. The topological polar surface area (TPSA) is 42.0 Å². The van der Waals surface area contributed by atoms with Gasteiger partial charge in [0.25, 0.3) is 5.91 Å². The third kappa shape index (κ3) is 3.24. The lowest BCUT2D eigenvalue weighted by atomic mass is 10.0.